The van der Waals surface area contributed by atoms with E-state index in [1.807, 2.05) is 19.9 Å². The molecule has 114 valence electrons. The maximum Gasteiger partial charge on any atom is 0.174 e. The highest BCUT2D eigenvalue weighted by atomic mass is 35.5. The second-order valence-corrected chi connectivity index (χ2v) is 6.96. The number of hydrogen-bond donors (Lipinski definition) is 0. The molecule has 1 aliphatic carbocycles. The summed E-state index contributed by atoms with van der Waals surface area (Å²) in [5, 5.41) is 0.425. The average molecular weight is 316 g/mol. The van der Waals surface area contributed by atoms with Crippen LogP contribution in [0.15, 0.2) is 18.2 Å². The Morgan fingerprint density at radius 3 is 2.59 bits per heavy atom. The fraction of sp³-hybridized carbons (Fsp3) is 0.412. The van der Waals surface area contributed by atoms with Crippen LogP contribution in [0.5, 0.6) is 0 Å². The Bertz CT molecular complexity index is 750. The number of hydrogen-bond acceptors (Lipinski definition) is 4. The van der Waals surface area contributed by atoms with Crippen molar-refractivity contribution < 1.29 is 4.79 Å². The van der Waals surface area contributed by atoms with Gasteiger partial charge in [-0.1, -0.05) is 25.4 Å². The van der Waals surface area contributed by atoms with E-state index in [9.17, 15) is 4.79 Å². The number of halogens is 1. The Kier molecular flexibility index (Phi) is 3.52. The van der Waals surface area contributed by atoms with Crippen LogP contribution in [0, 0.1) is 19.3 Å². The van der Waals surface area contributed by atoms with Gasteiger partial charge in [0, 0.05) is 11.3 Å². The number of carbonyl (C=O) groups excluding carboxylic acids is 1. The molecule has 22 heavy (non-hydrogen) atoms. The van der Waals surface area contributed by atoms with Gasteiger partial charge in [0.25, 0.3) is 0 Å². The summed E-state index contributed by atoms with van der Waals surface area (Å²) in [7, 11) is 0. The third-order valence-corrected chi connectivity index (χ3v) is 4.36. The quantitative estimate of drug-likeness (QED) is 0.753. The Morgan fingerprint density at radius 1 is 1.18 bits per heavy atom. The van der Waals surface area contributed by atoms with Crippen LogP contribution >= 0.6 is 11.6 Å². The molecule has 1 atom stereocenters. The van der Waals surface area contributed by atoms with Crippen molar-refractivity contribution >= 4 is 17.4 Å². The van der Waals surface area contributed by atoms with Crippen LogP contribution in [0.4, 0.5) is 0 Å². The van der Waals surface area contributed by atoms with Crippen molar-refractivity contribution in [2.75, 3.05) is 0 Å². The van der Waals surface area contributed by atoms with E-state index in [0.717, 1.165) is 17.1 Å². The van der Waals surface area contributed by atoms with Crippen molar-refractivity contribution in [2.45, 2.75) is 40.0 Å². The van der Waals surface area contributed by atoms with Crippen LogP contribution in [0.3, 0.4) is 0 Å². The molecule has 2 aromatic heterocycles. The predicted molar refractivity (Wildman–Crippen MR) is 85.3 cm³/mol. The van der Waals surface area contributed by atoms with Gasteiger partial charge in [0.05, 0.1) is 17.3 Å². The summed E-state index contributed by atoms with van der Waals surface area (Å²) in [6, 6.07) is 5.35. The second kappa shape index (κ2) is 5.13. The highest BCUT2D eigenvalue weighted by molar-refractivity contribution is 6.29. The SMILES string of the molecule is Cc1cc(C2C(=O)c3ccc(Cl)nc3CC2(C)C)nc(C)n1. The molecule has 3 rings (SSSR count). The lowest BCUT2D eigenvalue weighted by Crippen LogP contribution is -2.37. The molecule has 0 saturated carbocycles. The first kappa shape index (κ1) is 15.1. The molecule has 0 radical (unpaired) electrons. The highest BCUT2D eigenvalue weighted by Gasteiger charge is 2.43. The van der Waals surface area contributed by atoms with Crippen LogP contribution in [-0.2, 0) is 6.42 Å². The molecular formula is C17H18ClN3O. The van der Waals surface area contributed by atoms with E-state index in [1.165, 1.54) is 0 Å². The number of ketones is 1. The average Bonchev–Trinajstić information content (AvgIpc) is 2.35. The molecule has 0 amide bonds. The highest BCUT2D eigenvalue weighted by Crippen LogP contribution is 2.44. The number of aryl methyl sites for hydroxylation is 2. The molecule has 0 bridgehead atoms. The lowest BCUT2D eigenvalue weighted by atomic mass is 9.66. The number of rotatable bonds is 1. The Hall–Kier alpha value is -1.81. The van der Waals surface area contributed by atoms with Crippen LogP contribution in [-0.4, -0.2) is 20.7 Å². The molecule has 5 heteroatoms. The van der Waals surface area contributed by atoms with E-state index in [1.54, 1.807) is 12.1 Å². The largest absolute Gasteiger partial charge is 0.293 e. The van der Waals surface area contributed by atoms with Crippen LogP contribution in [0.25, 0.3) is 0 Å². The number of pyridine rings is 1. The van der Waals surface area contributed by atoms with Crippen molar-refractivity contribution in [3.63, 3.8) is 0 Å². The third-order valence-electron chi connectivity index (χ3n) is 4.15. The second-order valence-electron chi connectivity index (χ2n) is 6.57. The predicted octanol–water partition coefficient (Wildman–Crippen LogP) is 3.69. The zero-order chi connectivity index (χ0) is 16.1. The van der Waals surface area contributed by atoms with E-state index in [2.05, 4.69) is 28.8 Å². The summed E-state index contributed by atoms with van der Waals surface area (Å²) >= 11 is 5.97. The van der Waals surface area contributed by atoms with Crippen molar-refractivity contribution in [3.8, 4) is 0 Å². The van der Waals surface area contributed by atoms with Gasteiger partial charge in [-0.05, 0) is 43.9 Å². The van der Waals surface area contributed by atoms with Crippen molar-refractivity contribution in [2.24, 2.45) is 5.41 Å². The van der Waals surface area contributed by atoms with Gasteiger partial charge < -0.3 is 0 Å². The number of aromatic nitrogens is 3. The number of nitrogens with zero attached hydrogens (tertiary/aromatic N) is 3. The van der Waals surface area contributed by atoms with Gasteiger partial charge >= 0.3 is 0 Å². The van der Waals surface area contributed by atoms with E-state index < -0.39 is 0 Å². The van der Waals surface area contributed by atoms with E-state index in [0.29, 0.717) is 23.0 Å². The first-order valence-corrected chi connectivity index (χ1v) is 7.67. The zero-order valence-electron chi connectivity index (χ0n) is 13.1. The van der Waals surface area contributed by atoms with E-state index in [-0.39, 0.29) is 17.1 Å². The number of Topliss-reactive ketones (excluding diaryl/α,β-unsaturated/α-hetero) is 1. The molecule has 4 nitrogen and oxygen atoms in total. The molecule has 1 aliphatic rings. The number of fused-ring (bicyclic) bond motifs is 1. The molecule has 0 aliphatic heterocycles. The maximum atomic E-state index is 13.0. The zero-order valence-corrected chi connectivity index (χ0v) is 13.9. The fourth-order valence-corrected chi connectivity index (χ4v) is 3.47. The Morgan fingerprint density at radius 2 is 1.91 bits per heavy atom. The maximum absolute atomic E-state index is 13.0. The Labute approximate surface area is 135 Å². The van der Waals surface area contributed by atoms with Crippen LogP contribution < -0.4 is 0 Å². The van der Waals surface area contributed by atoms with Gasteiger partial charge in [0.2, 0.25) is 0 Å². The van der Waals surface area contributed by atoms with Crippen molar-refractivity contribution in [1.29, 1.82) is 0 Å². The summed E-state index contributed by atoms with van der Waals surface area (Å²) in [5.74, 6) is 0.468. The minimum Gasteiger partial charge on any atom is -0.293 e. The molecule has 0 spiro atoms. The van der Waals surface area contributed by atoms with Gasteiger partial charge in [-0.25, -0.2) is 15.0 Å². The summed E-state index contributed by atoms with van der Waals surface area (Å²) in [6.07, 6.45) is 0.696. The summed E-state index contributed by atoms with van der Waals surface area (Å²) in [5.41, 5.74) is 2.84. The standard InChI is InChI=1S/C17H18ClN3O/c1-9-7-12(20-10(2)19-9)15-16(22)11-5-6-14(18)21-13(11)8-17(15,3)4/h5-7,15H,8H2,1-4H3. The molecule has 1 unspecified atom stereocenters. The van der Waals surface area contributed by atoms with E-state index >= 15 is 0 Å². The van der Waals surface area contributed by atoms with Crippen LogP contribution in [0.1, 0.15) is 53.0 Å². The first-order chi connectivity index (χ1) is 10.3. The molecule has 0 fully saturated rings. The molecular weight excluding hydrogens is 298 g/mol. The van der Waals surface area contributed by atoms with Gasteiger partial charge in [-0.2, -0.15) is 0 Å². The van der Waals surface area contributed by atoms with Crippen molar-refractivity contribution in [1.82, 2.24) is 15.0 Å². The lowest BCUT2D eigenvalue weighted by Gasteiger charge is -2.37. The molecule has 2 aromatic rings. The molecule has 2 heterocycles. The van der Waals surface area contributed by atoms with Gasteiger partial charge in [0.15, 0.2) is 5.78 Å². The molecule has 0 aromatic carbocycles. The molecule has 0 saturated heterocycles. The summed E-state index contributed by atoms with van der Waals surface area (Å²) < 4.78 is 0. The van der Waals surface area contributed by atoms with Gasteiger partial charge in [-0.15, -0.1) is 0 Å². The van der Waals surface area contributed by atoms with Crippen molar-refractivity contribution in [3.05, 3.63) is 51.8 Å². The van der Waals surface area contributed by atoms with Gasteiger partial charge in [-0.3, -0.25) is 4.79 Å². The first-order valence-electron chi connectivity index (χ1n) is 7.30. The van der Waals surface area contributed by atoms with Crippen LogP contribution in [0.2, 0.25) is 5.15 Å². The van der Waals surface area contributed by atoms with E-state index in [4.69, 9.17) is 11.6 Å². The molecule has 0 N–H and O–H groups in total. The summed E-state index contributed by atoms with van der Waals surface area (Å²) in [4.78, 5) is 26.2. The topological polar surface area (TPSA) is 55.7 Å². The minimum atomic E-state index is -0.289. The Balaban J connectivity index is 2.15. The minimum absolute atomic E-state index is 0.0629. The summed E-state index contributed by atoms with van der Waals surface area (Å²) in [6.45, 7) is 7.93. The third kappa shape index (κ3) is 2.52. The fourth-order valence-electron chi connectivity index (χ4n) is 3.31. The number of carbonyl (C=O) groups is 1. The smallest absolute Gasteiger partial charge is 0.174 e. The monoisotopic (exact) mass is 315 g/mol. The normalized spacial score (nSPS) is 19.9. The lowest BCUT2D eigenvalue weighted by molar-refractivity contribution is 0.0854. The van der Waals surface area contributed by atoms with Gasteiger partial charge in [0.1, 0.15) is 11.0 Å².